The zero-order valence-corrected chi connectivity index (χ0v) is 15.8. The second-order valence-electron chi connectivity index (χ2n) is 7.37. The van der Waals surface area contributed by atoms with Crippen LogP contribution in [0.5, 0.6) is 0 Å². The number of H-pyrrole nitrogens is 1. The lowest BCUT2D eigenvalue weighted by Gasteiger charge is -2.35. The summed E-state index contributed by atoms with van der Waals surface area (Å²) in [6, 6.07) is 4.92. The summed E-state index contributed by atoms with van der Waals surface area (Å²) in [5.74, 6) is 1.17. The van der Waals surface area contributed by atoms with Crippen LogP contribution < -0.4 is 15.5 Å². The average molecular weight is 371 g/mol. The highest BCUT2D eigenvalue weighted by molar-refractivity contribution is 5.88. The maximum atomic E-state index is 12.1. The molecule has 0 saturated carbocycles. The minimum Gasteiger partial charge on any atom is -0.464 e. The van der Waals surface area contributed by atoms with Gasteiger partial charge in [0.1, 0.15) is 5.82 Å². The summed E-state index contributed by atoms with van der Waals surface area (Å²) in [6.07, 6.45) is 4.56. The van der Waals surface area contributed by atoms with Crippen molar-refractivity contribution < 1.29 is 9.53 Å². The Morgan fingerprint density at radius 1 is 1.22 bits per heavy atom. The maximum absolute atomic E-state index is 12.1. The largest absolute Gasteiger partial charge is 0.464 e. The number of hydrogen-bond donors (Lipinski definition) is 3. The Hall–Kier alpha value is -2.68. The molecule has 2 aromatic rings. The molecule has 0 spiro atoms. The fourth-order valence-corrected chi connectivity index (χ4v) is 3.99. The minimum atomic E-state index is -0.487. The van der Waals surface area contributed by atoms with Crippen LogP contribution >= 0.6 is 0 Å². The van der Waals surface area contributed by atoms with Crippen LogP contribution in [0.15, 0.2) is 12.1 Å². The van der Waals surface area contributed by atoms with Crippen LogP contribution in [0, 0.1) is 6.92 Å². The van der Waals surface area contributed by atoms with E-state index in [4.69, 9.17) is 4.74 Å². The third-order valence-electron chi connectivity index (χ3n) is 5.38. The molecule has 2 fully saturated rings. The monoisotopic (exact) mass is 371 g/mol. The molecule has 144 valence electrons. The van der Waals surface area contributed by atoms with Crippen molar-refractivity contribution in [1.29, 1.82) is 0 Å². The lowest BCUT2D eigenvalue weighted by molar-refractivity contribution is 0.0594. The van der Waals surface area contributed by atoms with Crippen molar-refractivity contribution in [2.24, 2.45) is 0 Å². The molecule has 9 nitrogen and oxygen atoms in total. The van der Waals surface area contributed by atoms with Gasteiger partial charge in [0.2, 0.25) is 5.95 Å². The lowest BCUT2D eigenvalue weighted by atomic mass is 9.99. The van der Waals surface area contributed by atoms with Gasteiger partial charge >= 0.3 is 5.97 Å². The molecule has 3 N–H and O–H groups in total. The van der Waals surface area contributed by atoms with Gasteiger partial charge in [0, 0.05) is 43.0 Å². The zero-order valence-electron chi connectivity index (χ0n) is 15.8. The number of rotatable bonds is 5. The first-order valence-corrected chi connectivity index (χ1v) is 9.27. The summed E-state index contributed by atoms with van der Waals surface area (Å²) in [6.45, 7) is 1.92. The number of esters is 1. The van der Waals surface area contributed by atoms with E-state index in [-0.39, 0.29) is 5.69 Å². The number of hydrogen-bond acceptors (Lipinski definition) is 8. The second kappa shape index (κ2) is 7.15. The smallest absolute Gasteiger partial charge is 0.356 e. The predicted octanol–water partition coefficient (Wildman–Crippen LogP) is 1.76. The highest BCUT2D eigenvalue weighted by Gasteiger charge is 2.36. The number of carbonyl (C=O) groups is 1. The van der Waals surface area contributed by atoms with Gasteiger partial charge in [-0.25, -0.2) is 9.78 Å². The number of aromatic amines is 1. The number of nitrogens with one attached hydrogen (secondary N) is 3. The number of anilines is 3. The second-order valence-corrected chi connectivity index (χ2v) is 7.37. The lowest BCUT2D eigenvalue weighted by Crippen LogP contribution is -2.47. The normalized spacial score (nSPS) is 23.9. The SMILES string of the molecule is COC(=O)c1cc(Nc2cc(C)[nH]n2)nc(N(C)[C@@H]2C[C@H]3CC[C@@H](C2)N3)n1. The number of methoxy groups -OCH3 is 1. The quantitative estimate of drug-likeness (QED) is 0.683. The van der Waals surface area contributed by atoms with Crippen LogP contribution in [-0.4, -0.2) is 58.4 Å². The summed E-state index contributed by atoms with van der Waals surface area (Å²) < 4.78 is 4.86. The third kappa shape index (κ3) is 3.73. The molecule has 4 rings (SSSR count). The molecule has 9 heteroatoms. The molecule has 0 aromatic carbocycles. The highest BCUT2D eigenvalue weighted by atomic mass is 16.5. The summed E-state index contributed by atoms with van der Waals surface area (Å²) >= 11 is 0. The average Bonchev–Trinajstić information content (AvgIpc) is 3.24. The van der Waals surface area contributed by atoms with Crippen molar-refractivity contribution in [1.82, 2.24) is 25.5 Å². The molecule has 2 aliphatic heterocycles. The predicted molar refractivity (Wildman–Crippen MR) is 101 cm³/mol. The number of nitrogens with zero attached hydrogens (tertiary/aromatic N) is 4. The van der Waals surface area contributed by atoms with Gasteiger partial charge in [-0.2, -0.15) is 10.1 Å². The Morgan fingerprint density at radius 3 is 2.59 bits per heavy atom. The fourth-order valence-electron chi connectivity index (χ4n) is 3.99. The van der Waals surface area contributed by atoms with Gasteiger partial charge in [-0.3, -0.25) is 5.10 Å². The Balaban J connectivity index is 1.62. The first kappa shape index (κ1) is 17.7. The van der Waals surface area contributed by atoms with Crippen molar-refractivity contribution in [2.75, 3.05) is 24.4 Å². The Kier molecular flexibility index (Phi) is 4.69. The van der Waals surface area contributed by atoms with E-state index in [1.165, 1.54) is 20.0 Å². The molecule has 0 amide bonds. The van der Waals surface area contributed by atoms with Crippen LogP contribution in [0.25, 0.3) is 0 Å². The summed E-state index contributed by atoms with van der Waals surface area (Å²) in [5, 5.41) is 13.8. The zero-order chi connectivity index (χ0) is 19.0. The number of ether oxygens (including phenoxy) is 1. The molecule has 2 aliphatic rings. The molecule has 2 saturated heterocycles. The summed E-state index contributed by atoms with van der Waals surface area (Å²) in [7, 11) is 3.34. The number of aromatic nitrogens is 4. The van der Waals surface area contributed by atoms with Gasteiger partial charge in [0.05, 0.1) is 7.11 Å². The van der Waals surface area contributed by atoms with Crippen molar-refractivity contribution >= 4 is 23.6 Å². The topological polar surface area (TPSA) is 108 Å². The highest BCUT2D eigenvalue weighted by Crippen LogP contribution is 2.31. The van der Waals surface area contributed by atoms with E-state index in [0.717, 1.165) is 18.5 Å². The van der Waals surface area contributed by atoms with Gasteiger partial charge in [-0.05, 0) is 32.6 Å². The standard InChI is InChI=1S/C18H25N7O2/c1-10-6-16(24-23-10)21-15-9-14(17(26)27-3)20-18(22-15)25(2)13-7-11-4-5-12(8-13)19-11/h6,9,11-13,19H,4-5,7-8H2,1-3H3,(H2,20,21,22,23,24)/t11-,12+,13-. The fraction of sp³-hybridized carbons (Fsp3) is 0.556. The molecule has 27 heavy (non-hydrogen) atoms. The van der Waals surface area contributed by atoms with Crippen LogP contribution in [0.2, 0.25) is 0 Å². The first-order chi connectivity index (χ1) is 13.0. The molecule has 0 radical (unpaired) electrons. The number of carbonyl (C=O) groups excluding carboxylic acids is 1. The molecular weight excluding hydrogens is 346 g/mol. The molecule has 0 unspecified atom stereocenters. The first-order valence-electron chi connectivity index (χ1n) is 9.27. The number of piperidine rings is 1. The van der Waals surface area contributed by atoms with Crippen molar-refractivity contribution in [3.63, 3.8) is 0 Å². The summed E-state index contributed by atoms with van der Waals surface area (Å²) in [4.78, 5) is 23.2. The minimum absolute atomic E-state index is 0.223. The van der Waals surface area contributed by atoms with E-state index in [1.54, 1.807) is 6.07 Å². The Labute approximate surface area is 157 Å². The van der Waals surface area contributed by atoms with Crippen molar-refractivity contribution in [3.8, 4) is 0 Å². The van der Waals surface area contributed by atoms with E-state index < -0.39 is 5.97 Å². The van der Waals surface area contributed by atoms with E-state index in [2.05, 4.69) is 35.7 Å². The van der Waals surface area contributed by atoms with Gasteiger partial charge in [-0.15, -0.1) is 0 Å². The van der Waals surface area contributed by atoms with Crippen LogP contribution in [-0.2, 0) is 4.74 Å². The molecule has 2 bridgehead atoms. The maximum Gasteiger partial charge on any atom is 0.356 e. The molecule has 0 aliphatic carbocycles. The van der Waals surface area contributed by atoms with E-state index in [0.29, 0.717) is 35.7 Å². The van der Waals surface area contributed by atoms with Gasteiger partial charge in [-0.1, -0.05) is 0 Å². The number of aryl methyl sites for hydroxylation is 1. The van der Waals surface area contributed by atoms with Crippen LogP contribution in [0.4, 0.5) is 17.6 Å². The van der Waals surface area contributed by atoms with Crippen molar-refractivity contribution in [3.05, 3.63) is 23.5 Å². The van der Waals surface area contributed by atoms with E-state index in [9.17, 15) is 4.79 Å². The molecular formula is C18H25N7O2. The molecule has 3 atom stereocenters. The molecule has 4 heterocycles. The van der Waals surface area contributed by atoms with Gasteiger partial charge in [0.15, 0.2) is 11.5 Å². The Morgan fingerprint density at radius 2 is 1.96 bits per heavy atom. The van der Waals surface area contributed by atoms with Crippen LogP contribution in [0.1, 0.15) is 41.9 Å². The summed E-state index contributed by atoms with van der Waals surface area (Å²) in [5.41, 5.74) is 1.16. The van der Waals surface area contributed by atoms with E-state index in [1.807, 2.05) is 20.0 Å². The Bertz CT molecular complexity index is 825. The number of fused-ring (bicyclic) bond motifs is 2. The van der Waals surface area contributed by atoms with Crippen molar-refractivity contribution in [2.45, 2.75) is 50.7 Å². The third-order valence-corrected chi connectivity index (χ3v) is 5.38. The van der Waals surface area contributed by atoms with E-state index >= 15 is 0 Å². The van der Waals surface area contributed by atoms with Gasteiger partial charge in [0.25, 0.3) is 0 Å². The molecule has 2 aromatic heterocycles. The van der Waals surface area contributed by atoms with Crippen LogP contribution in [0.3, 0.4) is 0 Å². The van der Waals surface area contributed by atoms with Gasteiger partial charge < -0.3 is 20.3 Å².